The van der Waals surface area contributed by atoms with Gasteiger partial charge in [0.25, 0.3) is 8.32 Å². The molecule has 2 aliphatic carbocycles. The molecular weight excluding hydrogens is 757 g/mol. The van der Waals surface area contributed by atoms with Crippen molar-refractivity contribution in [1.29, 1.82) is 0 Å². The summed E-state index contributed by atoms with van der Waals surface area (Å²) in [5, 5.41) is 16.0. The molecule has 1 N–H and O–H groups in total. The average Bonchev–Trinajstić information content (AvgIpc) is 3.87. The third-order valence-corrected chi connectivity index (χ3v) is 24.5. The lowest BCUT2D eigenvalue weighted by Gasteiger charge is -2.54. The summed E-state index contributed by atoms with van der Waals surface area (Å²) >= 11 is 0. The van der Waals surface area contributed by atoms with E-state index in [1.165, 1.54) is 15.6 Å². The Balaban J connectivity index is 1.11. The Bertz CT molecular complexity index is 1740. The molecular formula is C48H72O6Si3. The smallest absolute Gasteiger partial charge is 0.261 e. The molecule has 1 spiro atoms. The van der Waals surface area contributed by atoms with E-state index in [0.29, 0.717) is 24.0 Å². The maximum absolute atomic E-state index is 12.0. The van der Waals surface area contributed by atoms with Crippen LogP contribution in [0.4, 0.5) is 0 Å². The van der Waals surface area contributed by atoms with Crippen LogP contribution < -0.4 is 15.6 Å². The van der Waals surface area contributed by atoms with E-state index >= 15 is 0 Å². The Morgan fingerprint density at radius 1 is 0.719 bits per heavy atom. The van der Waals surface area contributed by atoms with Crippen molar-refractivity contribution < 1.29 is 28.2 Å². The zero-order valence-electron chi connectivity index (χ0n) is 36.8. The molecule has 2 aliphatic heterocycles. The van der Waals surface area contributed by atoms with Gasteiger partial charge >= 0.3 is 0 Å². The van der Waals surface area contributed by atoms with Gasteiger partial charge in [-0.3, -0.25) is 0 Å². The van der Waals surface area contributed by atoms with Crippen molar-refractivity contribution in [3.05, 3.63) is 91.0 Å². The number of hydrogen-bond donors (Lipinski definition) is 1. The molecule has 4 aliphatic rings. The summed E-state index contributed by atoms with van der Waals surface area (Å²) < 4.78 is 34.9. The van der Waals surface area contributed by atoms with E-state index in [1.54, 1.807) is 0 Å². The lowest BCUT2D eigenvalue weighted by molar-refractivity contribution is -0.302. The van der Waals surface area contributed by atoms with Crippen molar-refractivity contribution in [3.8, 4) is 0 Å². The quantitative estimate of drug-likeness (QED) is 0.137. The minimum Gasteiger partial charge on any atom is -0.412 e. The van der Waals surface area contributed by atoms with E-state index in [0.717, 1.165) is 38.5 Å². The van der Waals surface area contributed by atoms with Crippen LogP contribution in [-0.2, 0) is 23.1 Å². The normalized spacial score (nSPS) is 32.9. The van der Waals surface area contributed by atoms with Crippen LogP contribution in [0.1, 0.15) is 80.1 Å². The first-order valence-corrected chi connectivity index (χ1v) is 30.4. The minimum atomic E-state index is -2.65. The number of aliphatic hydroxyl groups is 1. The first-order chi connectivity index (χ1) is 26.8. The van der Waals surface area contributed by atoms with E-state index < -0.39 is 36.1 Å². The standard InChI is InChI=1S/C48H72O6Si3/c1-34-40(43-41(49)29-30-42(54-55(7,8)9)48(43)45(53-48)44(34)56(10,11)37-21-15-12-16-22-37)28-27-35-33-36(52-47(5,6)51-35)31-32-50-57(46(2,3)4,38-23-17-13-18-24-38)39-25-19-14-20-26-39/h12-26,34-36,40-45,49H,27-33H2,1-11H3/t34-,35-,36+,40+,41+,42?,43+,44-,45?,48?/m1/s1. The van der Waals surface area contributed by atoms with Gasteiger partial charge in [-0.2, -0.15) is 0 Å². The van der Waals surface area contributed by atoms with Gasteiger partial charge in [0.15, 0.2) is 14.1 Å². The maximum atomic E-state index is 12.0. The first kappa shape index (κ1) is 43.2. The van der Waals surface area contributed by atoms with Gasteiger partial charge in [-0.15, -0.1) is 0 Å². The highest BCUT2D eigenvalue weighted by atomic mass is 28.4. The van der Waals surface area contributed by atoms with Crippen LogP contribution in [0.25, 0.3) is 0 Å². The predicted molar refractivity (Wildman–Crippen MR) is 240 cm³/mol. The highest BCUT2D eigenvalue weighted by Gasteiger charge is 2.77. The SMILES string of the molecule is C[C@@H]1[C@H](CC[C@@H]2C[C@H](CCO[Si](c3ccccc3)(c3ccccc3)C(C)(C)C)OC(C)(C)O2)[C@H]2[C@@H](O)CCC(O[Si](C)(C)C)C23OC3[C@@H]1[Si](C)(C)c1ccccc1. The van der Waals surface area contributed by atoms with Gasteiger partial charge in [-0.05, 0) is 98.4 Å². The van der Waals surface area contributed by atoms with Crippen LogP contribution in [0.3, 0.4) is 0 Å². The van der Waals surface area contributed by atoms with Gasteiger partial charge in [0, 0.05) is 18.9 Å². The average molecular weight is 829 g/mol. The summed E-state index contributed by atoms with van der Waals surface area (Å²) in [5.74, 6) is 0.0773. The van der Waals surface area contributed by atoms with Crippen molar-refractivity contribution in [1.82, 2.24) is 0 Å². The Kier molecular flexibility index (Phi) is 12.2. The van der Waals surface area contributed by atoms with Gasteiger partial charge in [-0.25, -0.2) is 0 Å². The second-order valence-electron chi connectivity index (χ2n) is 20.9. The van der Waals surface area contributed by atoms with Crippen molar-refractivity contribution >= 4 is 40.3 Å². The third kappa shape index (κ3) is 8.40. The maximum Gasteiger partial charge on any atom is 0.261 e. The van der Waals surface area contributed by atoms with Gasteiger partial charge in [-0.1, -0.05) is 137 Å². The Morgan fingerprint density at radius 2 is 1.25 bits per heavy atom. The van der Waals surface area contributed by atoms with E-state index in [-0.39, 0.29) is 41.5 Å². The highest BCUT2D eigenvalue weighted by Crippen LogP contribution is 2.68. The summed E-state index contributed by atoms with van der Waals surface area (Å²) in [6.07, 6.45) is 5.07. The molecule has 3 unspecified atom stereocenters. The molecule has 0 amide bonds. The van der Waals surface area contributed by atoms with Crippen LogP contribution in [0.5, 0.6) is 0 Å². The monoisotopic (exact) mass is 828 g/mol. The van der Waals surface area contributed by atoms with Crippen molar-refractivity contribution in [3.63, 3.8) is 0 Å². The molecule has 2 heterocycles. The molecule has 2 saturated heterocycles. The molecule has 3 aromatic rings. The van der Waals surface area contributed by atoms with Crippen molar-refractivity contribution in [2.24, 2.45) is 17.8 Å². The molecule has 9 heteroatoms. The summed E-state index contributed by atoms with van der Waals surface area (Å²) in [6, 6.07) is 33.0. The summed E-state index contributed by atoms with van der Waals surface area (Å²) in [4.78, 5) is 0. The number of aliphatic hydroxyl groups excluding tert-OH is 1. The minimum absolute atomic E-state index is 0.0233. The van der Waals surface area contributed by atoms with Crippen molar-refractivity contribution in [2.75, 3.05) is 6.61 Å². The molecule has 2 saturated carbocycles. The second kappa shape index (κ2) is 16.2. The number of rotatable bonds is 13. The van der Waals surface area contributed by atoms with E-state index in [9.17, 15) is 5.11 Å². The van der Waals surface area contributed by atoms with E-state index in [4.69, 9.17) is 23.1 Å². The zero-order chi connectivity index (χ0) is 41.0. The molecule has 4 fully saturated rings. The highest BCUT2D eigenvalue weighted by molar-refractivity contribution is 6.99. The third-order valence-electron chi connectivity index (χ3n) is 14.2. The summed E-state index contributed by atoms with van der Waals surface area (Å²) in [5.41, 5.74) is 0.0211. The van der Waals surface area contributed by atoms with Crippen LogP contribution >= 0.6 is 0 Å². The van der Waals surface area contributed by atoms with Crippen LogP contribution in [-0.4, -0.2) is 78.3 Å². The lowest BCUT2D eigenvalue weighted by atomic mass is 9.58. The van der Waals surface area contributed by atoms with Crippen molar-refractivity contribution in [2.45, 2.75) is 165 Å². The molecule has 10 atom stereocenters. The van der Waals surface area contributed by atoms with Gasteiger partial charge in [0.05, 0.1) is 38.6 Å². The molecule has 0 aromatic heterocycles. The van der Waals surface area contributed by atoms with Gasteiger partial charge < -0.3 is 28.2 Å². The molecule has 0 radical (unpaired) electrons. The molecule has 6 nitrogen and oxygen atoms in total. The summed E-state index contributed by atoms with van der Waals surface area (Å²) in [6.45, 7) is 26.2. The topological polar surface area (TPSA) is 69.7 Å². The predicted octanol–water partition coefficient (Wildman–Crippen LogP) is 9.02. The summed E-state index contributed by atoms with van der Waals surface area (Å²) in [7, 11) is -6.53. The lowest BCUT2D eigenvalue weighted by Crippen LogP contribution is -2.66. The van der Waals surface area contributed by atoms with Crippen LogP contribution in [0.2, 0.25) is 43.3 Å². The Hall–Kier alpha value is -1.93. The molecule has 7 rings (SSSR count). The fourth-order valence-electron chi connectivity index (χ4n) is 12.0. The van der Waals surface area contributed by atoms with Crippen LogP contribution in [0.15, 0.2) is 91.0 Å². The first-order valence-electron chi connectivity index (χ1n) is 22.0. The van der Waals surface area contributed by atoms with E-state index in [1.807, 2.05) is 0 Å². The number of ether oxygens (including phenoxy) is 3. The zero-order valence-corrected chi connectivity index (χ0v) is 39.8. The van der Waals surface area contributed by atoms with Gasteiger partial charge in [0.1, 0.15) is 5.60 Å². The number of epoxide rings is 1. The largest absolute Gasteiger partial charge is 0.412 e. The second-order valence-corrected chi connectivity index (χ2v) is 34.4. The van der Waals surface area contributed by atoms with Gasteiger partial charge in [0.2, 0.25) is 0 Å². The number of benzene rings is 3. The molecule has 312 valence electrons. The molecule has 3 aromatic carbocycles. The fourth-order valence-corrected chi connectivity index (χ4v) is 21.8. The van der Waals surface area contributed by atoms with Crippen LogP contribution in [0, 0.1) is 17.8 Å². The molecule has 0 bridgehead atoms. The Labute approximate surface area is 347 Å². The Morgan fingerprint density at radius 3 is 1.77 bits per heavy atom. The van der Waals surface area contributed by atoms with E-state index in [2.05, 4.69) is 165 Å². The number of hydrogen-bond acceptors (Lipinski definition) is 6. The fraction of sp³-hybridized carbons (Fsp3) is 0.625. The molecule has 57 heavy (non-hydrogen) atoms.